The van der Waals surface area contributed by atoms with Crippen LogP contribution in [0.15, 0.2) is 29.9 Å². The number of hydrogen-bond donors (Lipinski definition) is 1. The van der Waals surface area contributed by atoms with Crippen LogP contribution in [0.25, 0.3) is 11.3 Å². The second kappa shape index (κ2) is 4.81. The van der Waals surface area contributed by atoms with Gasteiger partial charge in [0.05, 0.1) is 5.69 Å². The highest BCUT2D eigenvalue weighted by Crippen LogP contribution is 2.27. The molecule has 0 amide bonds. The second-order valence-corrected chi connectivity index (χ2v) is 4.82. The summed E-state index contributed by atoms with van der Waals surface area (Å²) in [6, 6.07) is 3.99. The molecule has 0 unspecified atom stereocenters. The fourth-order valence-electron chi connectivity index (χ4n) is 1.92. The number of piperazine rings is 1. The van der Waals surface area contributed by atoms with Gasteiger partial charge in [-0.1, -0.05) is 0 Å². The summed E-state index contributed by atoms with van der Waals surface area (Å²) in [5.74, 6) is 0. The monoisotopic (exact) mass is 246 g/mol. The van der Waals surface area contributed by atoms with E-state index in [4.69, 9.17) is 4.98 Å². The molecule has 3 rings (SSSR count). The molecule has 0 atom stereocenters. The fourth-order valence-corrected chi connectivity index (χ4v) is 2.81. The van der Waals surface area contributed by atoms with Gasteiger partial charge in [0, 0.05) is 49.5 Å². The van der Waals surface area contributed by atoms with Crippen LogP contribution in [0.1, 0.15) is 0 Å². The Morgan fingerprint density at radius 3 is 2.71 bits per heavy atom. The van der Waals surface area contributed by atoms with Gasteiger partial charge in [-0.15, -0.1) is 11.3 Å². The second-order valence-electron chi connectivity index (χ2n) is 3.99. The molecule has 0 aromatic carbocycles. The third-order valence-electron chi connectivity index (χ3n) is 2.86. The molecule has 1 N–H and O–H groups in total. The summed E-state index contributed by atoms with van der Waals surface area (Å²) in [6.45, 7) is 4.18. The van der Waals surface area contributed by atoms with Crippen LogP contribution in [0, 0.1) is 0 Å². The number of thiazole rings is 1. The first kappa shape index (κ1) is 10.7. The largest absolute Gasteiger partial charge is 0.346 e. The van der Waals surface area contributed by atoms with E-state index in [-0.39, 0.29) is 0 Å². The average molecular weight is 246 g/mol. The summed E-state index contributed by atoms with van der Waals surface area (Å²) in [5, 5.41) is 6.59. The van der Waals surface area contributed by atoms with Crippen LogP contribution in [0.5, 0.6) is 0 Å². The fraction of sp³-hybridized carbons (Fsp3) is 0.333. The molecule has 17 heavy (non-hydrogen) atoms. The average Bonchev–Trinajstić information content (AvgIpc) is 2.90. The van der Waals surface area contributed by atoms with Gasteiger partial charge < -0.3 is 10.2 Å². The Bertz CT molecular complexity index is 476. The molecule has 5 heteroatoms. The molecule has 3 heterocycles. The van der Waals surface area contributed by atoms with Gasteiger partial charge in [-0.25, -0.2) is 4.98 Å². The topological polar surface area (TPSA) is 41.0 Å². The van der Waals surface area contributed by atoms with Gasteiger partial charge in [0.1, 0.15) is 0 Å². The number of nitrogens with zero attached hydrogens (tertiary/aromatic N) is 3. The van der Waals surface area contributed by atoms with Crippen LogP contribution >= 0.6 is 11.3 Å². The van der Waals surface area contributed by atoms with E-state index in [1.165, 1.54) is 0 Å². The van der Waals surface area contributed by atoms with Gasteiger partial charge >= 0.3 is 0 Å². The van der Waals surface area contributed by atoms with Gasteiger partial charge in [0.15, 0.2) is 5.13 Å². The molecular formula is C12H14N4S. The molecule has 2 aromatic rings. The van der Waals surface area contributed by atoms with E-state index < -0.39 is 0 Å². The summed E-state index contributed by atoms with van der Waals surface area (Å²) < 4.78 is 0. The zero-order valence-electron chi connectivity index (χ0n) is 9.47. The zero-order chi connectivity index (χ0) is 11.5. The third kappa shape index (κ3) is 2.30. The van der Waals surface area contributed by atoms with Crippen molar-refractivity contribution in [3.63, 3.8) is 0 Å². The van der Waals surface area contributed by atoms with E-state index in [1.54, 1.807) is 23.7 Å². The smallest absolute Gasteiger partial charge is 0.185 e. The standard InChI is InChI=1S/C12H14N4S/c1-3-13-4-2-10(1)11-9-17-12(15-11)16-7-5-14-6-8-16/h1-4,9,14H,5-8H2. The Kier molecular flexibility index (Phi) is 3.02. The predicted octanol–water partition coefficient (Wildman–Crippen LogP) is 1.61. The highest BCUT2D eigenvalue weighted by molar-refractivity contribution is 7.14. The normalized spacial score (nSPS) is 16.1. The number of pyridine rings is 1. The minimum Gasteiger partial charge on any atom is -0.346 e. The summed E-state index contributed by atoms with van der Waals surface area (Å²) in [6.07, 6.45) is 3.61. The number of rotatable bonds is 2. The summed E-state index contributed by atoms with van der Waals surface area (Å²) in [5.41, 5.74) is 2.18. The first-order valence-electron chi connectivity index (χ1n) is 5.75. The van der Waals surface area contributed by atoms with Crippen LogP contribution in [0.4, 0.5) is 5.13 Å². The summed E-state index contributed by atoms with van der Waals surface area (Å²) in [7, 11) is 0. The van der Waals surface area contributed by atoms with Crippen molar-refractivity contribution >= 4 is 16.5 Å². The minimum atomic E-state index is 1.04. The Morgan fingerprint density at radius 1 is 1.18 bits per heavy atom. The van der Waals surface area contributed by atoms with E-state index in [0.29, 0.717) is 0 Å². The van der Waals surface area contributed by atoms with Gasteiger partial charge in [-0.3, -0.25) is 4.98 Å². The molecule has 4 nitrogen and oxygen atoms in total. The highest BCUT2D eigenvalue weighted by Gasteiger charge is 2.14. The molecule has 1 aliphatic heterocycles. The zero-order valence-corrected chi connectivity index (χ0v) is 10.3. The van der Waals surface area contributed by atoms with Crippen molar-refractivity contribution in [1.29, 1.82) is 0 Å². The van der Waals surface area contributed by atoms with Gasteiger partial charge in [0.2, 0.25) is 0 Å². The molecular weight excluding hydrogens is 232 g/mol. The summed E-state index contributed by atoms with van der Waals surface area (Å²) >= 11 is 1.72. The van der Waals surface area contributed by atoms with Crippen molar-refractivity contribution in [3.8, 4) is 11.3 Å². The Labute approximate surface area is 104 Å². The van der Waals surface area contributed by atoms with Crippen molar-refractivity contribution in [1.82, 2.24) is 15.3 Å². The van der Waals surface area contributed by atoms with Crippen molar-refractivity contribution in [3.05, 3.63) is 29.9 Å². The first-order valence-corrected chi connectivity index (χ1v) is 6.63. The maximum Gasteiger partial charge on any atom is 0.185 e. The van der Waals surface area contributed by atoms with Gasteiger partial charge in [0.25, 0.3) is 0 Å². The Hall–Kier alpha value is -1.46. The van der Waals surface area contributed by atoms with Crippen molar-refractivity contribution in [2.24, 2.45) is 0 Å². The van der Waals surface area contributed by atoms with E-state index >= 15 is 0 Å². The summed E-state index contributed by atoms with van der Waals surface area (Å²) in [4.78, 5) is 11.1. The lowest BCUT2D eigenvalue weighted by atomic mass is 10.2. The minimum absolute atomic E-state index is 1.04. The Morgan fingerprint density at radius 2 is 1.94 bits per heavy atom. The quantitative estimate of drug-likeness (QED) is 0.874. The number of nitrogens with one attached hydrogen (secondary N) is 1. The van der Waals surface area contributed by atoms with Gasteiger partial charge in [-0.2, -0.15) is 0 Å². The maximum absolute atomic E-state index is 4.69. The lowest BCUT2D eigenvalue weighted by molar-refractivity contribution is 0.588. The lowest BCUT2D eigenvalue weighted by Gasteiger charge is -2.26. The van der Waals surface area contributed by atoms with Crippen molar-refractivity contribution < 1.29 is 0 Å². The van der Waals surface area contributed by atoms with E-state index in [0.717, 1.165) is 42.6 Å². The lowest BCUT2D eigenvalue weighted by Crippen LogP contribution is -2.43. The van der Waals surface area contributed by atoms with Crippen molar-refractivity contribution in [2.75, 3.05) is 31.1 Å². The molecule has 1 fully saturated rings. The van der Waals surface area contributed by atoms with Crippen LogP contribution in [0.2, 0.25) is 0 Å². The highest BCUT2D eigenvalue weighted by atomic mass is 32.1. The van der Waals surface area contributed by atoms with Gasteiger partial charge in [-0.05, 0) is 12.1 Å². The molecule has 0 radical (unpaired) electrons. The molecule has 0 bridgehead atoms. The van der Waals surface area contributed by atoms with Crippen LogP contribution in [-0.4, -0.2) is 36.1 Å². The molecule has 0 saturated carbocycles. The van der Waals surface area contributed by atoms with Crippen LogP contribution < -0.4 is 10.2 Å². The maximum atomic E-state index is 4.69. The molecule has 2 aromatic heterocycles. The third-order valence-corrected chi connectivity index (χ3v) is 3.76. The molecule has 0 spiro atoms. The molecule has 88 valence electrons. The molecule has 0 aliphatic carbocycles. The van der Waals surface area contributed by atoms with E-state index in [1.807, 2.05) is 12.1 Å². The number of aromatic nitrogens is 2. The first-order chi connectivity index (χ1) is 8.43. The van der Waals surface area contributed by atoms with E-state index in [9.17, 15) is 0 Å². The number of hydrogen-bond acceptors (Lipinski definition) is 5. The molecule has 1 saturated heterocycles. The predicted molar refractivity (Wildman–Crippen MR) is 70.4 cm³/mol. The molecule has 1 aliphatic rings. The van der Waals surface area contributed by atoms with E-state index in [2.05, 4.69) is 20.6 Å². The van der Waals surface area contributed by atoms with Crippen LogP contribution in [0.3, 0.4) is 0 Å². The Balaban J connectivity index is 1.83. The number of anilines is 1. The van der Waals surface area contributed by atoms with Crippen molar-refractivity contribution in [2.45, 2.75) is 0 Å². The SMILES string of the molecule is c1cc(-c2csc(N3CCNCC3)n2)ccn1. The van der Waals surface area contributed by atoms with Crippen LogP contribution in [-0.2, 0) is 0 Å².